The lowest BCUT2D eigenvalue weighted by Gasteiger charge is -2.35. The topological polar surface area (TPSA) is 104 Å². The Kier molecular flexibility index (Phi) is 4.08. The van der Waals surface area contributed by atoms with E-state index in [4.69, 9.17) is 5.11 Å². The molecule has 1 saturated heterocycles. The highest BCUT2D eigenvalue weighted by atomic mass is 19.1. The predicted octanol–water partition coefficient (Wildman–Crippen LogP) is 1.64. The molecule has 2 atom stereocenters. The molecule has 0 amide bonds. The van der Waals surface area contributed by atoms with Gasteiger partial charge >= 0.3 is 5.97 Å². The summed E-state index contributed by atoms with van der Waals surface area (Å²) in [5.41, 5.74) is -1.13. The molecule has 1 fully saturated rings. The fraction of sp³-hybridized carbons (Fsp3) is 0.462. The summed E-state index contributed by atoms with van der Waals surface area (Å²) in [6.45, 7) is 2.48. The Balaban J connectivity index is 2.45. The van der Waals surface area contributed by atoms with Crippen LogP contribution in [0.3, 0.4) is 0 Å². The molecule has 0 radical (unpaired) electrons. The van der Waals surface area contributed by atoms with Crippen LogP contribution in [0.2, 0.25) is 0 Å². The number of carboxylic acid groups (broad SMARTS) is 1. The SMILES string of the molecule is CC1CN(c2cc(F)c(C(=O)O)cc2[N+](=O)[O-])CCC1O. The highest BCUT2D eigenvalue weighted by molar-refractivity contribution is 5.90. The Labute approximate surface area is 119 Å². The fourth-order valence-corrected chi connectivity index (χ4v) is 2.47. The van der Waals surface area contributed by atoms with E-state index < -0.39 is 34.1 Å². The average Bonchev–Trinajstić information content (AvgIpc) is 2.40. The van der Waals surface area contributed by atoms with Gasteiger partial charge in [-0.1, -0.05) is 6.92 Å². The molecule has 0 aliphatic carbocycles. The minimum Gasteiger partial charge on any atom is -0.478 e. The number of hydrogen-bond donors (Lipinski definition) is 2. The third-order valence-corrected chi connectivity index (χ3v) is 3.69. The molecule has 21 heavy (non-hydrogen) atoms. The van der Waals surface area contributed by atoms with E-state index in [0.29, 0.717) is 19.5 Å². The maximum Gasteiger partial charge on any atom is 0.338 e. The zero-order chi connectivity index (χ0) is 15.7. The van der Waals surface area contributed by atoms with Crippen molar-refractivity contribution in [2.45, 2.75) is 19.4 Å². The molecule has 0 aromatic heterocycles. The zero-order valence-electron chi connectivity index (χ0n) is 11.3. The summed E-state index contributed by atoms with van der Waals surface area (Å²) in [7, 11) is 0. The van der Waals surface area contributed by atoms with Crippen molar-refractivity contribution in [3.63, 3.8) is 0 Å². The second-order valence-corrected chi connectivity index (χ2v) is 5.16. The smallest absolute Gasteiger partial charge is 0.338 e. The predicted molar refractivity (Wildman–Crippen MR) is 72.0 cm³/mol. The number of anilines is 1. The number of nitro benzene ring substituents is 1. The Morgan fingerprint density at radius 2 is 2.19 bits per heavy atom. The van der Waals surface area contributed by atoms with Crippen molar-refractivity contribution in [1.29, 1.82) is 0 Å². The Morgan fingerprint density at radius 3 is 2.71 bits per heavy atom. The summed E-state index contributed by atoms with van der Waals surface area (Å²) >= 11 is 0. The second kappa shape index (κ2) is 5.65. The van der Waals surface area contributed by atoms with E-state index in [9.17, 15) is 24.4 Å². The van der Waals surface area contributed by atoms with Crippen LogP contribution in [0, 0.1) is 21.8 Å². The van der Waals surface area contributed by atoms with Crippen molar-refractivity contribution in [3.05, 3.63) is 33.6 Å². The lowest BCUT2D eigenvalue weighted by molar-refractivity contribution is -0.384. The number of rotatable bonds is 3. The van der Waals surface area contributed by atoms with Crippen LogP contribution in [0.25, 0.3) is 0 Å². The standard InChI is InChI=1S/C13H15FN2O5/c1-7-6-15(3-2-12(7)17)10-5-9(14)8(13(18)19)4-11(10)16(20)21/h4-5,7,12,17H,2-3,6H2,1H3,(H,18,19). The van der Waals surface area contributed by atoms with Crippen molar-refractivity contribution < 1.29 is 24.3 Å². The maximum atomic E-state index is 13.8. The number of benzene rings is 1. The number of nitro groups is 1. The van der Waals surface area contributed by atoms with E-state index in [0.717, 1.165) is 12.1 Å². The Bertz CT molecular complexity index is 592. The van der Waals surface area contributed by atoms with Crippen molar-refractivity contribution in [2.75, 3.05) is 18.0 Å². The number of hydrogen-bond acceptors (Lipinski definition) is 5. The van der Waals surface area contributed by atoms with Gasteiger partial charge in [0.2, 0.25) is 0 Å². The first kappa shape index (κ1) is 15.2. The summed E-state index contributed by atoms with van der Waals surface area (Å²) in [6, 6.07) is 1.62. The Morgan fingerprint density at radius 1 is 1.52 bits per heavy atom. The Hall–Kier alpha value is -2.22. The largest absolute Gasteiger partial charge is 0.478 e. The molecule has 1 aliphatic rings. The average molecular weight is 298 g/mol. The van der Waals surface area contributed by atoms with Crippen LogP contribution in [-0.4, -0.2) is 40.3 Å². The van der Waals surface area contributed by atoms with E-state index in [1.165, 1.54) is 0 Å². The molecule has 0 bridgehead atoms. The van der Waals surface area contributed by atoms with Gasteiger partial charge in [-0.15, -0.1) is 0 Å². The van der Waals surface area contributed by atoms with Crippen molar-refractivity contribution in [2.24, 2.45) is 5.92 Å². The highest BCUT2D eigenvalue weighted by Gasteiger charge is 2.30. The molecule has 2 N–H and O–H groups in total. The molecule has 0 saturated carbocycles. The number of aromatic carboxylic acids is 1. The fourth-order valence-electron chi connectivity index (χ4n) is 2.47. The highest BCUT2D eigenvalue weighted by Crippen LogP contribution is 2.34. The van der Waals surface area contributed by atoms with Gasteiger partial charge < -0.3 is 15.1 Å². The van der Waals surface area contributed by atoms with Gasteiger partial charge in [-0.05, 0) is 12.3 Å². The van der Waals surface area contributed by atoms with Gasteiger partial charge in [0.25, 0.3) is 5.69 Å². The normalized spacial score (nSPS) is 22.1. The molecule has 114 valence electrons. The molecule has 1 aromatic rings. The summed E-state index contributed by atoms with van der Waals surface area (Å²) in [5, 5.41) is 29.6. The van der Waals surface area contributed by atoms with E-state index >= 15 is 0 Å². The van der Waals surface area contributed by atoms with Gasteiger partial charge in [0.1, 0.15) is 17.1 Å². The summed E-state index contributed by atoms with van der Waals surface area (Å²) in [6.07, 6.45) is -0.0795. The number of halogens is 1. The number of carbonyl (C=O) groups is 1. The lowest BCUT2D eigenvalue weighted by Crippen LogP contribution is -2.42. The molecule has 1 aromatic carbocycles. The number of aliphatic hydroxyl groups is 1. The van der Waals surface area contributed by atoms with Gasteiger partial charge in [0, 0.05) is 25.2 Å². The summed E-state index contributed by atoms with van der Waals surface area (Å²) in [4.78, 5) is 22.9. The molecule has 1 heterocycles. The summed E-state index contributed by atoms with van der Waals surface area (Å²) < 4.78 is 13.8. The molecule has 1 aliphatic heterocycles. The van der Waals surface area contributed by atoms with Gasteiger partial charge in [-0.2, -0.15) is 0 Å². The molecule has 0 spiro atoms. The van der Waals surface area contributed by atoms with E-state index in [1.54, 1.807) is 11.8 Å². The lowest BCUT2D eigenvalue weighted by atomic mass is 9.96. The molecule has 2 rings (SSSR count). The van der Waals surface area contributed by atoms with Crippen molar-refractivity contribution in [3.8, 4) is 0 Å². The minimum absolute atomic E-state index is 0.0428. The van der Waals surface area contributed by atoms with Gasteiger partial charge in [0.15, 0.2) is 0 Å². The van der Waals surface area contributed by atoms with E-state index in [1.807, 2.05) is 0 Å². The van der Waals surface area contributed by atoms with Crippen LogP contribution in [0.1, 0.15) is 23.7 Å². The van der Waals surface area contributed by atoms with Crippen LogP contribution < -0.4 is 4.90 Å². The van der Waals surface area contributed by atoms with Gasteiger partial charge in [-0.25, -0.2) is 9.18 Å². The molecule has 8 heteroatoms. The van der Waals surface area contributed by atoms with Crippen LogP contribution in [-0.2, 0) is 0 Å². The third-order valence-electron chi connectivity index (χ3n) is 3.69. The molecule has 7 nitrogen and oxygen atoms in total. The van der Waals surface area contributed by atoms with Crippen molar-refractivity contribution >= 4 is 17.3 Å². The summed E-state index contributed by atoms with van der Waals surface area (Å²) in [5.74, 6) is -2.67. The third kappa shape index (κ3) is 2.94. The van der Waals surface area contributed by atoms with Gasteiger partial charge in [-0.3, -0.25) is 10.1 Å². The monoisotopic (exact) mass is 298 g/mol. The number of aliphatic hydroxyl groups excluding tert-OH is 1. The maximum absolute atomic E-state index is 13.8. The second-order valence-electron chi connectivity index (χ2n) is 5.16. The van der Waals surface area contributed by atoms with Crippen LogP contribution in [0.15, 0.2) is 12.1 Å². The van der Waals surface area contributed by atoms with Crippen LogP contribution in [0.5, 0.6) is 0 Å². The number of piperidine rings is 1. The first-order valence-electron chi connectivity index (χ1n) is 6.45. The molecule has 2 unspecified atom stereocenters. The van der Waals surface area contributed by atoms with Crippen LogP contribution >= 0.6 is 0 Å². The first-order chi connectivity index (χ1) is 9.81. The molecular formula is C13H15FN2O5. The van der Waals surface area contributed by atoms with Crippen molar-refractivity contribution in [1.82, 2.24) is 0 Å². The minimum atomic E-state index is -1.55. The number of carboxylic acids is 1. The quantitative estimate of drug-likeness (QED) is 0.649. The van der Waals surface area contributed by atoms with E-state index in [2.05, 4.69) is 0 Å². The molecular weight excluding hydrogens is 283 g/mol. The van der Waals surface area contributed by atoms with Gasteiger partial charge in [0.05, 0.1) is 11.0 Å². The number of nitrogens with zero attached hydrogens (tertiary/aromatic N) is 2. The first-order valence-corrected chi connectivity index (χ1v) is 6.45. The van der Waals surface area contributed by atoms with Crippen LogP contribution in [0.4, 0.5) is 15.8 Å². The zero-order valence-corrected chi connectivity index (χ0v) is 11.3. The van der Waals surface area contributed by atoms with E-state index in [-0.39, 0.29) is 11.6 Å².